The lowest BCUT2D eigenvalue weighted by Gasteiger charge is -2.12. The number of methoxy groups -OCH3 is 1. The minimum absolute atomic E-state index is 0.0935. The maximum atomic E-state index is 11.3. The molecule has 0 aromatic rings. The number of carbonyl (C=O) groups excluding carboxylic acids is 1. The van der Waals surface area contributed by atoms with E-state index in [2.05, 4.69) is 10.6 Å². The van der Waals surface area contributed by atoms with Crippen LogP contribution in [0.15, 0.2) is 0 Å². The Morgan fingerprint density at radius 2 is 2.07 bits per heavy atom. The monoisotopic (exact) mass is 202 g/mol. The molecule has 0 fully saturated rings. The van der Waals surface area contributed by atoms with Crippen LogP contribution in [0.2, 0.25) is 0 Å². The summed E-state index contributed by atoms with van der Waals surface area (Å²) in [7, 11) is 3.54. The highest BCUT2D eigenvalue weighted by Crippen LogP contribution is 1.99. The van der Waals surface area contributed by atoms with Gasteiger partial charge in [0.2, 0.25) is 5.91 Å². The van der Waals surface area contributed by atoms with Gasteiger partial charge in [-0.15, -0.1) is 0 Å². The highest BCUT2D eigenvalue weighted by Gasteiger charge is 2.06. The van der Waals surface area contributed by atoms with Crippen molar-refractivity contribution >= 4 is 5.91 Å². The maximum Gasteiger partial charge on any atom is 0.220 e. The Hall–Kier alpha value is -0.610. The van der Waals surface area contributed by atoms with Gasteiger partial charge in [0.25, 0.3) is 0 Å². The Morgan fingerprint density at radius 1 is 1.43 bits per heavy atom. The first-order valence-corrected chi connectivity index (χ1v) is 5.07. The molecule has 2 unspecified atom stereocenters. The van der Waals surface area contributed by atoms with Gasteiger partial charge in [-0.05, 0) is 27.3 Å². The molecule has 4 nitrogen and oxygen atoms in total. The lowest BCUT2D eigenvalue weighted by Crippen LogP contribution is -2.37. The zero-order valence-corrected chi connectivity index (χ0v) is 9.59. The molecule has 0 rings (SSSR count). The second-order valence-electron chi connectivity index (χ2n) is 3.58. The number of likely N-dealkylation sites (N-methyl/N-ethyl adjacent to an activating group) is 1. The van der Waals surface area contributed by atoms with Gasteiger partial charge in [-0.1, -0.05) is 0 Å². The van der Waals surface area contributed by atoms with Gasteiger partial charge in [-0.3, -0.25) is 4.79 Å². The third kappa shape index (κ3) is 6.86. The van der Waals surface area contributed by atoms with E-state index >= 15 is 0 Å². The van der Waals surface area contributed by atoms with Crippen molar-refractivity contribution in [2.45, 2.75) is 38.8 Å². The van der Waals surface area contributed by atoms with E-state index in [-0.39, 0.29) is 12.0 Å². The SMILES string of the molecule is CNC(C)CNC(=O)CCC(C)OC. The Bertz CT molecular complexity index is 146. The minimum Gasteiger partial charge on any atom is -0.382 e. The van der Waals surface area contributed by atoms with Crippen LogP contribution in [0, 0.1) is 0 Å². The van der Waals surface area contributed by atoms with Crippen LogP contribution >= 0.6 is 0 Å². The average molecular weight is 202 g/mol. The van der Waals surface area contributed by atoms with E-state index in [9.17, 15) is 4.79 Å². The minimum atomic E-state index is 0.0935. The van der Waals surface area contributed by atoms with Crippen LogP contribution in [0.1, 0.15) is 26.7 Å². The fourth-order valence-electron chi connectivity index (χ4n) is 0.910. The lowest BCUT2D eigenvalue weighted by atomic mass is 10.2. The molecule has 0 aromatic carbocycles. The van der Waals surface area contributed by atoms with Gasteiger partial charge in [0, 0.05) is 26.1 Å². The number of ether oxygens (including phenoxy) is 1. The predicted octanol–water partition coefficient (Wildman–Crippen LogP) is 0.526. The summed E-state index contributed by atoms with van der Waals surface area (Å²) in [6.45, 7) is 4.66. The highest BCUT2D eigenvalue weighted by atomic mass is 16.5. The summed E-state index contributed by atoms with van der Waals surface area (Å²) in [6, 6.07) is 0.318. The average Bonchev–Trinajstić information content (AvgIpc) is 2.22. The molecule has 0 aliphatic heterocycles. The van der Waals surface area contributed by atoms with Gasteiger partial charge in [-0.25, -0.2) is 0 Å². The topological polar surface area (TPSA) is 50.4 Å². The fourth-order valence-corrected chi connectivity index (χ4v) is 0.910. The summed E-state index contributed by atoms with van der Waals surface area (Å²) in [6.07, 6.45) is 1.46. The molecule has 0 aliphatic rings. The molecule has 0 spiro atoms. The van der Waals surface area contributed by atoms with Crippen molar-refractivity contribution in [3.8, 4) is 0 Å². The third-order valence-corrected chi connectivity index (χ3v) is 2.28. The first-order valence-electron chi connectivity index (χ1n) is 5.07. The molecule has 14 heavy (non-hydrogen) atoms. The Balaban J connectivity index is 3.46. The smallest absolute Gasteiger partial charge is 0.220 e. The molecule has 0 saturated carbocycles. The molecule has 0 heterocycles. The molecule has 4 heteroatoms. The molecule has 0 bridgehead atoms. The van der Waals surface area contributed by atoms with E-state index in [0.717, 1.165) is 6.42 Å². The van der Waals surface area contributed by atoms with E-state index < -0.39 is 0 Å². The second-order valence-corrected chi connectivity index (χ2v) is 3.58. The standard InChI is InChI=1S/C10H22N2O2/c1-8(11-3)7-12-10(13)6-5-9(2)14-4/h8-9,11H,5-7H2,1-4H3,(H,12,13). The van der Waals surface area contributed by atoms with Crippen LogP contribution in [-0.2, 0) is 9.53 Å². The molecule has 0 saturated heterocycles. The van der Waals surface area contributed by atoms with Gasteiger partial charge in [0.05, 0.1) is 6.10 Å². The summed E-state index contributed by atoms with van der Waals surface area (Å²) in [5.74, 6) is 0.0935. The van der Waals surface area contributed by atoms with Crippen molar-refractivity contribution in [1.82, 2.24) is 10.6 Å². The molecule has 2 N–H and O–H groups in total. The van der Waals surface area contributed by atoms with Crippen molar-refractivity contribution in [2.24, 2.45) is 0 Å². The summed E-state index contributed by atoms with van der Waals surface area (Å²) in [5.41, 5.74) is 0. The number of amides is 1. The summed E-state index contributed by atoms with van der Waals surface area (Å²) < 4.78 is 5.05. The van der Waals surface area contributed by atoms with Crippen LogP contribution in [0.5, 0.6) is 0 Å². The highest BCUT2D eigenvalue weighted by molar-refractivity contribution is 5.75. The predicted molar refractivity (Wildman–Crippen MR) is 57.2 cm³/mol. The van der Waals surface area contributed by atoms with Crippen LogP contribution in [0.4, 0.5) is 0 Å². The van der Waals surface area contributed by atoms with Crippen LogP contribution in [0.25, 0.3) is 0 Å². The Morgan fingerprint density at radius 3 is 2.57 bits per heavy atom. The Kier molecular flexibility index (Phi) is 7.42. The van der Waals surface area contributed by atoms with Crippen molar-refractivity contribution in [3.63, 3.8) is 0 Å². The number of hydrogen-bond acceptors (Lipinski definition) is 3. The third-order valence-electron chi connectivity index (χ3n) is 2.28. The molecule has 1 amide bonds. The summed E-state index contributed by atoms with van der Waals surface area (Å²) >= 11 is 0. The first kappa shape index (κ1) is 13.4. The van der Waals surface area contributed by atoms with E-state index in [4.69, 9.17) is 4.74 Å². The fraction of sp³-hybridized carbons (Fsp3) is 0.900. The van der Waals surface area contributed by atoms with E-state index in [1.807, 2.05) is 20.9 Å². The number of nitrogens with one attached hydrogen (secondary N) is 2. The second kappa shape index (κ2) is 7.76. The largest absolute Gasteiger partial charge is 0.382 e. The zero-order valence-electron chi connectivity index (χ0n) is 9.59. The molecule has 2 atom stereocenters. The van der Waals surface area contributed by atoms with Gasteiger partial charge < -0.3 is 15.4 Å². The molecule has 0 aromatic heterocycles. The van der Waals surface area contributed by atoms with E-state index in [0.29, 0.717) is 19.0 Å². The van der Waals surface area contributed by atoms with E-state index in [1.165, 1.54) is 0 Å². The lowest BCUT2D eigenvalue weighted by molar-refractivity contribution is -0.121. The molecular formula is C10H22N2O2. The van der Waals surface area contributed by atoms with Crippen molar-refractivity contribution in [2.75, 3.05) is 20.7 Å². The number of carbonyl (C=O) groups is 1. The van der Waals surface area contributed by atoms with Crippen molar-refractivity contribution in [1.29, 1.82) is 0 Å². The molecular weight excluding hydrogens is 180 g/mol. The maximum absolute atomic E-state index is 11.3. The van der Waals surface area contributed by atoms with Crippen LogP contribution < -0.4 is 10.6 Å². The summed E-state index contributed by atoms with van der Waals surface area (Å²) in [4.78, 5) is 11.3. The van der Waals surface area contributed by atoms with Crippen LogP contribution in [-0.4, -0.2) is 38.8 Å². The molecule has 84 valence electrons. The van der Waals surface area contributed by atoms with Crippen LogP contribution in [0.3, 0.4) is 0 Å². The van der Waals surface area contributed by atoms with Gasteiger partial charge in [-0.2, -0.15) is 0 Å². The van der Waals surface area contributed by atoms with E-state index in [1.54, 1.807) is 7.11 Å². The first-order chi connectivity index (χ1) is 6.60. The number of hydrogen-bond donors (Lipinski definition) is 2. The zero-order chi connectivity index (χ0) is 11.0. The van der Waals surface area contributed by atoms with Gasteiger partial charge in [0.15, 0.2) is 0 Å². The van der Waals surface area contributed by atoms with Gasteiger partial charge in [0.1, 0.15) is 0 Å². The van der Waals surface area contributed by atoms with Crippen molar-refractivity contribution in [3.05, 3.63) is 0 Å². The molecule has 0 aliphatic carbocycles. The Labute approximate surface area is 86.4 Å². The quantitative estimate of drug-likeness (QED) is 0.633. The molecule has 0 radical (unpaired) electrons. The normalized spacial score (nSPS) is 14.9. The summed E-state index contributed by atoms with van der Waals surface area (Å²) in [5, 5.41) is 5.91. The van der Waals surface area contributed by atoms with Crippen molar-refractivity contribution < 1.29 is 9.53 Å². The number of rotatable bonds is 7. The van der Waals surface area contributed by atoms with Gasteiger partial charge >= 0.3 is 0 Å².